The predicted octanol–water partition coefficient (Wildman–Crippen LogP) is 1.88. The van der Waals surface area contributed by atoms with Gasteiger partial charge in [0.2, 0.25) is 0 Å². The van der Waals surface area contributed by atoms with E-state index in [0.717, 1.165) is 31.2 Å². The van der Waals surface area contributed by atoms with Crippen LogP contribution >= 0.6 is 0 Å². The van der Waals surface area contributed by atoms with Gasteiger partial charge in [-0.2, -0.15) is 0 Å². The van der Waals surface area contributed by atoms with Crippen molar-refractivity contribution in [2.75, 3.05) is 6.54 Å². The van der Waals surface area contributed by atoms with Gasteiger partial charge in [-0.15, -0.1) is 0 Å². The Hall–Kier alpha value is -0.570. The van der Waals surface area contributed by atoms with E-state index in [1.165, 1.54) is 19.3 Å². The lowest BCUT2D eigenvalue weighted by Crippen LogP contribution is -2.49. The van der Waals surface area contributed by atoms with E-state index in [9.17, 15) is 4.79 Å². The van der Waals surface area contributed by atoms with Crippen LogP contribution in [0, 0.1) is 17.8 Å². The molecule has 2 saturated carbocycles. The first kappa shape index (κ1) is 10.9. The Morgan fingerprint density at radius 3 is 2.60 bits per heavy atom. The van der Waals surface area contributed by atoms with Crippen molar-refractivity contribution in [2.45, 2.75) is 45.1 Å². The Balaban J connectivity index is 1.72. The van der Waals surface area contributed by atoms with Gasteiger partial charge in [-0.05, 0) is 37.6 Å². The minimum Gasteiger partial charge on any atom is -0.481 e. The fourth-order valence-corrected chi connectivity index (χ4v) is 2.87. The van der Waals surface area contributed by atoms with E-state index in [1.807, 2.05) is 0 Å². The molecule has 4 atom stereocenters. The molecular weight excluding hydrogens is 190 g/mol. The lowest BCUT2D eigenvalue weighted by molar-refractivity contribution is -0.146. The van der Waals surface area contributed by atoms with E-state index < -0.39 is 5.97 Å². The van der Waals surface area contributed by atoms with Gasteiger partial charge < -0.3 is 10.4 Å². The highest BCUT2D eigenvalue weighted by Crippen LogP contribution is 2.32. The molecule has 0 aromatic rings. The third-order valence-electron chi connectivity index (χ3n) is 4.27. The molecule has 0 spiro atoms. The highest BCUT2D eigenvalue weighted by Gasteiger charge is 2.36. The average molecular weight is 211 g/mol. The van der Waals surface area contributed by atoms with Gasteiger partial charge in [-0.3, -0.25) is 4.79 Å². The molecule has 2 N–H and O–H groups in total. The standard InChI is InChI=1S/C12H21NO2/c1-8-3-2-4-9(8)7-13-11-6-5-10(11)12(14)15/h8-11,13H,2-7H2,1H3,(H,14,15). The molecule has 3 heteroatoms. The van der Waals surface area contributed by atoms with Crippen LogP contribution in [0.15, 0.2) is 0 Å². The summed E-state index contributed by atoms with van der Waals surface area (Å²) in [7, 11) is 0. The first-order valence-corrected chi connectivity index (χ1v) is 6.14. The SMILES string of the molecule is CC1CCCC1CNC1CCC1C(=O)O. The molecule has 0 amide bonds. The van der Waals surface area contributed by atoms with Crippen LogP contribution in [0.25, 0.3) is 0 Å². The molecule has 0 aliphatic heterocycles. The third-order valence-corrected chi connectivity index (χ3v) is 4.27. The minimum atomic E-state index is -0.627. The Bertz CT molecular complexity index is 242. The van der Waals surface area contributed by atoms with Crippen LogP contribution in [0.2, 0.25) is 0 Å². The number of carboxylic acids is 1. The van der Waals surface area contributed by atoms with Gasteiger partial charge in [-0.1, -0.05) is 19.8 Å². The zero-order valence-corrected chi connectivity index (χ0v) is 9.41. The number of hydrogen-bond donors (Lipinski definition) is 2. The first-order valence-electron chi connectivity index (χ1n) is 6.14. The van der Waals surface area contributed by atoms with Crippen molar-refractivity contribution in [3.05, 3.63) is 0 Å². The van der Waals surface area contributed by atoms with Gasteiger partial charge in [-0.25, -0.2) is 0 Å². The normalized spacial score (nSPS) is 40.1. The van der Waals surface area contributed by atoms with Crippen LogP contribution in [0.3, 0.4) is 0 Å². The van der Waals surface area contributed by atoms with E-state index >= 15 is 0 Å². The van der Waals surface area contributed by atoms with Crippen molar-refractivity contribution in [3.8, 4) is 0 Å². The molecular formula is C12H21NO2. The number of carbonyl (C=O) groups is 1. The summed E-state index contributed by atoms with van der Waals surface area (Å²) < 4.78 is 0. The molecule has 2 aliphatic rings. The van der Waals surface area contributed by atoms with Crippen molar-refractivity contribution in [2.24, 2.45) is 17.8 Å². The van der Waals surface area contributed by atoms with Crippen LogP contribution in [0.5, 0.6) is 0 Å². The van der Waals surface area contributed by atoms with E-state index in [0.29, 0.717) is 0 Å². The van der Waals surface area contributed by atoms with E-state index in [1.54, 1.807) is 0 Å². The molecule has 3 nitrogen and oxygen atoms in total. The lowest BCUT2D eigenvalue weighted by Gasteiger charge is -2.35. The summed E-state index contributed by atoms with van der Waals surface area (Å²) in [6.45, 7) is 3.34. The van der Waals surface area contributed by atoms with Crippen LogP contribution in [0.4, 0.5) is 0 Å². The van der Waals surface area contributed by atoms with Crippen LogP contribution in [-0.4, -0.2) is 23.7 Å². The second-order valence-electron chi connectivity index (χ2n) is 5.21. The highest BCUT2D eigenvalue weighted by atomic mass is 16.4. The van der Waals surface area contributed by atoms with Gasteiger partial charge in [0, 0.05) is 6.04 Å². The molecule has 0 saturated heterocycles. The molecule has 4 unspecified atom stereocenters. The van der Waals surface area contributed by atoms with Crippen molar-refractivity contribution >= 4 is 5.97 Å². The van der Waals surface area contributed by atoms with Gasteiger partial charge in [0.15, 0.2) is 0 Å². The number of aliphatic carboxylic acids is 1. The fraction of sp³-hybridized carbons (Fsp3) is 0.917. The highest BCUT2D eigenvalue weighted by molar-refractivity contribution is 5.72. The average Bonchev–Trinajstić information content (AvgIpc) is 2.49. The molecule has 0 heterocycles. The molecule has 86 valence electrons. The Labute approximate surface area is 91.2 Å². The Morgan fingerprint density at radius 2 is 2.13 bits per heavy atom. The predicted molar refractivity (Wildman–Crippen MR) is 58.7 cm³/mol. The maximum atomic E-state index is 10.8. The minimum absolute atomic E-state index is 0.123. The van der Waals surface area contributed by atoms with Crippen LogP contribution < -0.4 is 5.32 Å². The summed E-state index contributed by atoms with van der Waals surface area (Å²) in [5.41, 5.74) is 0. The summed E-state index contributed by atoms with van der Waals surface area (Å²) >= 11 is 0. The molecule has 0 aromatic carbocycles. The maximum Gasteiger partial charge on any atom is 0.308 e. The van der Waals surface area contributed by atoms with E-state index in [4.69, 9.17) is 5.11 Å². The second kappa shape index (κ2) is 4.52. The monoisotopic (exact) mass is 211 g/mol. The van der Waals surface area contributed by atoms with Crippen LogP contribution in [-0.2, 0) is 4.79 Å². The zero-order valence-electron chi connectivity index (χ0n) is 9.41. The number of rotatable bonds is 4. The topological polar surface area (TPSA) is 49.3 Å². The summed E-state index contributed by atoms with van der Waals surface area (Å²) in [4.78, 5) is 10.8. The van der Waals surface area contributed by atoms with E-state index in [2.05, 4.69) is 12.2 Å². The molecule has 2 rings (SSSR count). The van der Waals surface area contributed by atoms with Crippen LogP contribution in [0.1, 0.15) is 39.0 Å². The number of carboxylic acid groups (broad SMARTS) is 1. The summed E-state index contributed by atoms with van der Waals surface area (Å²) in [5, 5.41) is 12.3. The zero-order chi connectivity index (χ0) is 10.8. The Morgan fingerprint density at radius 1 is 1.33 bits per heavy atom. The van der Waals surface area contributed by atoms with Gasteiger partial charge >= 0.3 is 5.97 Å². The molecule has 15 heavy (non-hydrogen) atoms. The first-order chi connectivity index (χ1) is 7.18. The molecule has 0 radical (unpaired) electrons. The largest absolute Gasteiger partial charge is 0.481 e. The second-order valence-corrected chi connectivity index (χ2v) is 5.21. The smallest absolute Gasteiger partial charge is 0.308 e. The Kier molecular flexibility index (Phi) is 3.29. The molecule has 0 aromatic heterocycles. The third kappa shape index (κ3) is 2.33. The molecule has 0 bridgehead atoms. The van der Waals surface area contributed by atoms with Crippen molar-refractivity contribution in [3.63, 3.8) is 0 Å². The summed E-state index contributed by atoms with van der Waals surface area (Å²) in [6, 6.07) is 0.246. The number of hydrogen-bond acceptors (Lipinski definition) is 2. The number of nitrogens with one attached hydrogen (secondary N) is 1. The maximum absolute atomic E-state index is 10.8. The lowest BCUT2D eigenvalue weighted by atomic mass is 9.79. The quantitative estimate of drug-likeness (QED) is 0.746. The van der Waals surface area contributed by atoms with Gasteiger partial charge in [0.1, 0.15) is 0 Å². The van der Waals surface area contributed by atoms with Gasteiger partial charge in [0.05, 0.1) is 5.92 Å². The van der Waals surface area contributed by atoms with Crippen molar-refractivity contribution in [1.82, 2.24) is 5.32 Å². The van der Waals surface area contributed by atoms with Crippen molar-refractivity contribution in [1.29, 1.82) is 0 Å². The van der Waals surface area contributed by atoms with E-state index in [-0.39, 0.29) is 12.0 Å². The summed E-state index contributed by atoms with van der Waals surface area (Å²) in [5.74, 6) is 0.848. The summed E-state index contributed by atoms with van der Waals surface area (Å²) in [6.07, 6.45) is 5.91. The van der Waals surface area contributed by atoms with Gasteiger partial charge in [0.25, 0.3) is 0 Å². The molecule has 2 aliphatic carbocycles. The van der Waals surface area contributed by atoms with Crippen molar-refractivity contribution < 1.29 is 9.90 Å². The molecule has 2 fully saturated rings. The fourth-order valence-electron chi connectivity index (χ4n) is 2.87.